The van der Waals surface area contributed by atoms with Gasteiger partial charge in [-0.05, 0) is 72.9 Å². The molecule has 30 heavy (non-hydrogen) atoms. The fraction of sp³-hybridized carbons (Fsp3) is 0.458. The molecule has 0 radical (unpaired) electrons. The monoisotopic (exact) mass is 422 g/mol. The van der Waals surface area contributed by atoms with Gasteiger partial charge in [-0.15, -0.1) is 0 Å². The Bertz CT molecular complexity index is 852. The second-order valence-corrected chi connectivity index (χ2v) is 8.06. The minimum atomic E-state index is -1.13. The van der Waals surface area contributed by atoms with E-state index in [0.717, 1.165) is 44.2 Å². The average Bonchev–Trinajstić information content (AvgIpc) is 2.73. The Kier molecular flexibility index (Phi) is 7.51. The molecule has 0 N–H and O–H groups in total. The molecule has 1 aliphatic carbocycles. The first kappa shape index (κ1) is 22.3. The van der Waals surface area contributed by atoms with Crippen molar-refractivity contribution in [1.29, 1.82) is 0 Å². The van der Waals surface area contributed by atoms with Gasteiger partial charge in [0, 0.05) is 11.5 Å². The number of hydrogen-bond acceptors (Lipinski definition) is 2. The Morgan fingerprint density at radius 1 is 0.967 bits per heavy atom. The molecule has 0 spiro atoms. The van der Waals surface area contributed by atoms with Gasteiger partial charge in [0.2, 0.25) is 0 Å². The van der Waals surface area contributed by atoms with Crippen LogP contribution in [0.25, 0.3) is 0 Å². The standard InChI is InChI=1S/C24H26F4O2/c1-2-3-15-4-6-16(7-5-15)18-11-22(27)24(23(28)12-18)19(13-30-14-29)17-8-9-20(25)21(26)10-17/h8-12,14-16,19H,2-7,13H2,1H3. The molecule has 6 heteroatoms. The fourth-order valence-electron chi connectivity index (χ4n) is 4.58. The summed E-state index contributed by atoms with van der Waals surface area (Å²) in [5.41, 5.74) is 0.427. The average molecular weight is 422 g/mol. The molecule has 0 heterocycles. The Hall–Kier alpha value is -2.37. The van der Waals surface area contributed by atoms with Crippen molar-refractivity contribution in [2.45, 2.75) is 57.3 Å². The number of carbonyl (C=O) groups is 1. The highest BCUT2D eigenvalue weighted by molar-refractivity contribution is 5.41. The van der Waals surface area contributed by atoms with Gasteiger partial charge in [-0.25, -0.2) is 17.6 Å². The third kappa shape index (κ3) is 5.02. The lowest BCUT2D eigenvalue weighted by Crippen LogP contribution is -2.16. The summed E-state index contributed by atoms with van der Waals surface area (Å²) in [5, 5.41) is 0. The summed E-state index contributed by atoms with van der Waals surface area (Å²) in [5.74, 6) is -4.05. The lowest BCUT2D eigenvalue weighted by atomic mass is 9.77. The Labute approximate surface area is 174 Å². The first-order chi connectivity index (χ1) is 14.4. The fourth-order valence-corrected chi connectivity index (χ4v) is 4.58. The van der Waals surface area contributed by atoms with Crippen LogP contribution in [0.3, 0.4) is 0 Å². The van der Waals surface area contributed by atoms with Gasteiger partial charge >= 0.3 is 0 Å². The van der Waals surface area contributed by atoms with Crippen LogP contribution in [-0.4, -0.2) is 13.1 Å². The molecule has 1 aliphatic rings. The zero-order valence-corrected chi connectivity index (χ0v) is 17.0. The van der Waals surface area contributed by atoms with Crippen LogP contribution in [0.1, 0.15) is 74.0 Å². The summed E-state index contributed by atoms with van der Waals surface area (Å²) >= 11 is 0. The van der Waals surface area contributed by atoms with Crippen molar-refractivity contribution in [3.8, 4) is 0 Å². The molecule has 0 aromatic heterocycles. The number of hydrogen-bond donors (Lipinski definition) is 0. The van der Waals surface area contributed by atoms with Crippen molar-refractivity contribution in [3.63, 3.8) is 0 Å². The van der Waals surface area contributed by atoms with Crippen molar-refractivity contribution < 1.29 is 27.1 Å². The summed E-state index contributed by atoms with van der Waals surface area (Å²) in [4.78, 5) is 10.7. The zero-order chi connectivity index (χ0) is 21.7. The molecule has 3 rings (SSSR count). The maximum Gasteiger partial charge on any atom is 0.293 e. The lowest BCUT2D eigenvalue weighted by molar-refractivity contribution is -0.129. The van der Waals surface area contributed by atoms with Crippen LogP contribution >= 0.6 is 0 Å². The second kappa shape index (κ2) is 10.1. The van der Waals surface area contributed by atoms with Crippen LogP contribution in [-0.2, 0) is 9.53 Å². The Morgan fingerprint density at radius 3 is 2.20 bits per heavy atom. The van der Waals surface area contributed by atoms with Crippen molar-refractivity contribution in [1.82, 2.24) is 0 Å². The minimum Gasteiger partial charge on any atom is -0.467 e. The van der Waals surface area contributed by atoms with E-state index in [1.165, 1.54) is 24.6 Å². The van der Waals surface area contributed by atoms with Gasteiger partial charge in [-0.3, -0.25) is 4.79 Å². The quantitative estimate of drug-likeness (QED) is 0.353. The van der Waals surface area contributed by atoms with Gasteiger partial charge in [-0.2, -0.15) is 0 Å². The van der Waals surface area contributed by atoms with E-state index in [-0.39, 0.29) is 30.1 Å². The van der Waals surface area contributed by atoms with E-state index < -0.39 is 29.2 Å². The van der Waals surface area contributed by atoms with Gasteiger partial charge in [0.05, 0.1) is 0 Å². The number of benzene rings is 2. The van der Waals surface area contributed by atoms with Crippen LogP contribution in [0, 0.1) is 29.2 Å². The van der Waals surface area contributed by atoms with Crippen LogP contribution < -0.4 is 0 Å². The Balaban J connectivity index is 1.89. The maximum absolute atomic E-state index is 15.1. The SMILES string of the molecule is CCCC1CCC(c2cc(F)c(C(COC=O)c3ccc(F)c(F)c3)c(F)c2)CC1. The van der Waals surface area contributed by atoms with Crippen LogP contribution in [0.4, 0.5) is 17.6 Å². The van der Waals surface area contributed by atoms with Crippen molar-refractivity contribution in [3.05, 3.63) is 70.3 Å². The predicted molar refractivity (Wildman–Crippen MR) is 106 cm³/mol. The molecular formula is C24H26F4O2. The third-order valence-corrected chi connectivity index (χ3v) is 6.14. The molecule has 0 bridgehead atoms. The summed E-state index contributed by atoms with van der Waals surface area (Å²) in [7, 11) is 0. The minimum absolute atomic E-state index is 0.101. The van der Waals surface area contributed by atoms with Gasteiger partial charge in [0.1, 0.15) is 18.2 Å². The van der Waals surface area contributed by atoms with E-state index in [4.69, 9.17) is 4.74 Å². The number of carbonyl (C=O) groups excluding carboxylic acids is 1. The summed E-state index contributed by atoms with van der Waals surface area (Å²) < 4.78 is 61.8. The van der Waals surface area contributed by atoms with Gasteiger partial charge in [0.25, 0.3) is 6.47 Å². The number of rotatable bonds is 8. The van der Waals surface area contributed by atoms with E-state index in [1.54, 1.807) is 0 Å². The maximum atomic E-state index is 15.1. The number of ether oxygens (including phenoxy) is 1. The van der Waals surface area contributed by atoms with E-state index in [1.807, 2.05) is 0 Å². The van der Waals surface area contributed by atoms with Gasteiger partial charge < -0.3 is 4.74 Å². The molecule has 2 aromatic rings. The van der Waals surface area contributed by atoms with Crippen molar-refractivity contribution in [2.75, 3.05) is 6.61 Å². The predicted octanol–water partition coefficient (Wildman–Crippen LogP) is 6.62. The van der Waals surface area contributed by atoms with E-state index in [2.05, 4.69) is 6.92 Å². The molecule has 0 aliphatic heterocycles. The third-order valence-electron chi connectivity index (χ3n) is 6.14. The van der Waals surface area contributed by atoms with E-state index in [0.29, 0.717) is 11.5 Å². The molecule has 162 valence electrons. The normalized spacial score (nSPS) is 20.0. The largest absolute Gasteiger partial charge is 0.467 e. The smallest absolute Gasteiger partial charge is 0.293 e. The lowest BCUT2D eigenvalue weighted by Gasteiger charge is -2.29. The Morgan fingerprint density at radius 2 is 1.63 bits per heavy atom. The van der Waals surface area contributed by atoms with Crippen molar-refractivity contribution >= 4 is 6.47 Å². The topological polar surface area (TPSA) is 26.3 Å². The van der Waals surface area contributed by atoms with Crippen molar-refractivity contribution in [2.24, 2.45) is 5.92 Å². The molecule has 0 amide bonds. The summed E-state index contributed by atoms with van der Waals surface area (Å²) in [6, 6.07) is 5.65. The highest BCUT2D eigenvalue weighted by Gasteiger charge is 2.28. The molecule has 1 unspecified atom stereocenters. The highest BCUT2D eigenvalue weighted by Crippen LogP contribution is 2.39. The molecule has 2 aromatic carbocycles. The summed E-state index contributed by atoms with van der Waals surface area (Å²) in [6.07, 6.45) is 6.21. The van der Waals surface area contributed by atoms with E-state index in [9.17, 15) is 13.6 Å². The molecule has 1 saturated carbocycles. The second-order valence-electron chi connectivity index (χ2n) is 8.06. The molecule has 1 fully saturated rings. The van der Waals surface area contributed by atoms with E-state index >= 15 is 8.78 Å². The summed E-state index contributed by atoms with van der Waals surface area (Å²) in [6.45, 7) is 1.93. The van der Waals surface area contributed by atoms with Gasteiger partial charge in [-0.1, -0.05) is 25.8 Å². The van der Waals surface area contributed by atoms with Crippen LogP contribution in [0.5, 0.6) is 0 Å². The first-order valence-electron chi connectivity index (χ1n) is 10.4. The molecule has 1 atom stereocenters. The molecule has 0 saturated heterocycles. The molecule has 2 nitrogen and oxygen atoms in total. The first-order valence-corrected chi connectivity index (χ1v) is 10.4. The number of halogens is 4. The molecular weight excluding hydrogens is 396 g/mol. The van der Waals surface area contributed by atoms with Crippen LogP contribution in [0.15, 0.2) is 30.3 Å². The highest BCUT2D eigenvalue weighted by atomic mass is 19.2. The zero-order valence-electron chi connectivity index (χ0n) is 17.0. The van der Waals surface area contributed by atoms with Gasteiger partial charge in [0.15, 0.2) is 11.6 Å². The van der Waals surface area contributed by atoms with Crippen LogP contribution in [0.2, 0.25) is 0 Å².